The number of ether oxygens (including phenoxy) is 2. The van der Waals surface area contributed by atoms with Crippen molar-refractivity contribution >= 4 is 23.1 Å². The highest BCUT2D eigenvalue weighted by Gasteiger charge is 2.47. The molecule has 1 aliphatic rings. The van der Waals surface area contributed by atoms with Crippen molar-refractivity contribution in [2.75, 3.05) is 12.0 Å². The maximum atomic E-state index is 13.1. The predicted molar refractivity (Wildman–Crippen MR) is 115 cm³/mol. The van der Waals surface area contributed by atoms with Crippen molar-refractivity contribution in [2.45, 2.75) is 12.4 Å². The molecule has 2 aromatic carbocycles. The van der Waals surface area contributed by atoms with Crippen LogP contribution in [0.1, 0.15) is 17.3 Å². The first kappa shape index (κ1) is 22.8. The Morgan fingerprint density at radius 3 is 2.35 bits per heavy atom. The molecule has 0 saturated carbocycles. The van der Waals surface area contributed by atoms with Crippen molar-refractivity contribution < 1.29 is 37.3 Å². The number of methoxy groups -OCH3 is 1. The summed E-state index contributed by atoms with van der Waals surface area (Å²) in [6.07, 6.45) is -3.42. The smallest absolute Gasteiger partial charge is 0.507 e. The summed E-state index contributed by atoms with van der Waals surface area (Å²) in [7, 11) is 1.44. The average molecular weight is 470 g/mol. The Bertz CT molecular complexity index is 1260. The molecule has 0 radical (unpaired) electrons. The van der Waals surface area contributed by atoms with E-state index in [1.807, 2.05) is 0 Å². The standard InChI is InChI=1S/C24H17F3N2O5/c1-33-17-6-4-5-14(13-17)21(30)19-20(18-7-2-3-12-28-18)29(23(32)22(19)31)15-8-10-16(11-9-15)34-24(25,26)27/h2-13,20,30H,1H3/b21-19-. The number of ketones is 1. The number of pyridine rings is 1. The van der Waals surface area contributed by atoms with Crippen LogP contribution in [0.2, 0.25) is 0 Å². The summed E-state index contributed by atoms with van der Waals surface area (Å²) in [5, 5.41) is 11.0. The minimum absolute atomic E-state index is 0.122. The number of aliphatic hydroxyl groups excluding tert-OH is 1. The quantitative estimate of drug-likeness (QED) is 0.333. The molecule has 1 unspecified atom stereocenters. The number of carbonyl (C=O) groups is 2. The topological polar surface area (TPSA) is 89.0 Å². The van der Waals surface area contributed by atoms with Gasteiger partial charge in [-0.3, -0.25) is 19.5 Å². The lowest BCUT2D eigenvalue weighted by atomic mass is 9.98. The Kier molecular flexibility index (Phi) is 5.97. The molecular formula is C24H17F3N2O5. The number of benzene rings is 2. The van der Waals surface area contributed by atoms with E-state index in [0.717, 1.165) is 17.0 Å². The first-order valence-corrected chi connectivity index (χ1v) is 9.92. The number of halogens is 3. The summed E-state index contributed by atoms with van der Waals surface area (Å²) in [5.41, 5.74) is 0.429. The second-order valence-electron chi connectivity index (χ2n) is 7.20. The zero-order valence-corrected chi connectivity index (χ0v) is 17.6. The average Bonchev–Trinajstić information content (AvgIpc) is 3.09. The van der Waals surface area contributed by atoms with Crippen LogP contribution in [0.15, 0.2) is 78.5 Å². The normalized spacial score (nSPS) is 17.6. The lowest BCUT2D eigenvalue weighted by Crippen LogP contribution is -2.29. The molecule has 0 bridgehead atoms. The zero-order chi connectivity index (χ0) is 24.5. The minimum atomic E-state index is -4.88. The fourth-order valence-electron chi connectivity index (χ4n) is 3.65. The van der Waals surface area contributed by atoms with Gasteiger partial charge in [0.1, 0.15) is 23.3 Å². The van der Waals surface area contributed by atoms with Gasteiger partial charge in [-0.05, 0) is 48.5 Å². The molecule has 1 N–H and O–H groups in total. The number of rotatable bonds is 5. The van der Waals surface area contributed by atoms with Crippen molar-refractivity contribution in [1.29, 1.82) is 0 Å². The summed E-state index contributed by atoms with van der Waals surface area (Å²) >= 11 is 0. The van der Waals surface area contributed by atoms with Gasteiger partial charge in [0.25, 0.3) is 11.7 Å². The van der Waals surface area contributed by atoms with Gasteiger partial charge in [-0.15, -0.1) is 13.2 Å². The maximum Gasteiger partial charge on any atom is 0.573 e. The summed E-state index contributed by atoms with van der Waals surface area (Å²) in [6, 6.07) is 14.5. The van der Waals surface area contributed by atoms with Crippen LogP contribution >= 0.6 is 0 Å². The molecule has 0 aliphatic carbocycles. The van der Waals surface area contributed by atoms with Crippen molar-refractivity contribution in [1.82, 2.24) is 4.98 Å². The molecule has 174 valence electrons. The van der Waals surface area contributed by atoms with Gasteiger partial charge >= 0.3 is 6.36 Å². The Morgan fingerprint density at radius 1 is 1.00 bits per heavy atom. The predicted octanol–water partition coefficient (Wildman–Crippen LogP) is 4.62. The number of alkyl halides is 3. The molecule has 1 amide bonds. The molecule has 34 heavy (non-hydrogen) atoms. The van der Waals surface area contributed by atoms with E-state index in [9.17, 15) is 27.9 Å². The van der Waals surface area contributed by atoms with Gasteiger partial charge in [-0.2, -0.15) is 0 Å². The fourth-order valence-corrected chi connectivity index (χ4v) is 3.65. The van der Waals surface area contributed by atoms with Crippen LogP contribution in [0.3, 0.4) is 0 Å². The Hall–Kier alpha value is -4.34. The largest absolute Gasteiger partial charge is 0.573 e. The number of anilines is 1. The summed E-state index contributed by atoms with van der Waals surface area (Å²) in [6.45, 7) is 0. The van der Waals surface area contributed by atoms with Gasteiger partial charge in [0, 0.05) is 17.4 Å². The highest BCUT2D eigenvalue weighted by atomic mass is 19.4. The van der Waals surface area contributed by atoms with E-state index in [2.05, 4.69) is 9.72 Å². The summed E-state index contributed by atoms with van der Waals surface area (Å²) in [4.78, 5) is 31.4. The molecule has 2 heterocycles. The molecule has 1 aromatic heterocycles. The minimum Gasteiger partial charge on any atom is -0.507 e. The van der Waals surface area contributed by atoms with Crippen LogP contribution in [0.5, 0.6) is 11.5 Å². The van der Waals surface area contributed by atoms with Crippen LogP contribution in [0, 0.1) is 0 Å². The van der Waals surface area contributed by atoms with Crippen LogP contribution in [0.25, 0.3) is 5.76 Å². The monoisotopic (exact) mass is 470 g/mol. The molecular weight excluding hydrogens is 453 g/mol. The highest BCUT2D eigenvalue weighted by molar-refractivity contribution is 6.51. The third kappa shape index (κ3) is 4.42. The third-order valence-electron chi connectivity index (χ3n) is 5.10. The Labute approximate surface area is 191 Å². The number of hydrogen-bond donors (Lipinski definition) is 1. The van der Waals surface area contributed by atoms with Gasteiger partial charge < -0.3 is 14.6 Å². The third-order valence-corrected chi connectivity index (χ3v) is 5.10. The second kappa shape index (κ2) is 8.89. The first-order valence-electron chi connectivity index (χ1n) is 9.92. The summed E-state index contributed by atoms with van der Waals surface area (Å²) in [5.74, 6) is -2.44. The van der Waals surface area contributed by atoms with Gasteiger partial charge in [0.15, 0.2) is 0 Å². The van der Waals surface area contributed by atoms with E-state index in [1.165, 1.54) is 31.5 Å². The maximum absolute atomic E-state index is 13.1. The zero-order valence-electron chi connectivity index (χ0n) is 17.6. The molecule has 3 aromatic rings. The second-order valence-corrected chi connectivity index (χ2v) is 7.20. The lowest BCUT2D eigenvalue weighted by molar-refractivity contribution is -0.274. The van der Waals surface area contributed by atoms with Crippen LogP contribution in [0.4, 0.5) is 18.9 Å². The molecule has 1 aliphatic heterocycles. The molecule has 1 atom stereocenters. The van der Waals surface area contributed by atoms with E-state index < -0.39 is 35.6 Å². The first-order chi connectivity index (χ1) is 16.2. The van der Waals surface area contributed by atoms with Crippen molar-refractivity contribution in [2.24, 2.45) is 0 Å². The van der Waals surface area contributed by atoms with E-state index in [4.69, 9.17) is 4.74 Å². The van der Waals surface area contributed by atoms with E-state index >= 15 is 0 Å². The Balaban J connectivity index is 1.84. The van der Waals surface area contributed by atoms with Gasteiger partial charge in [-0.25, -0.2) is 0 Å². The van der Waals surface area contributed by atoms with Gasteiger partial charge in [-0.1, -0.05) is 18.2 Å². The SMILES string of the molecule is COc1cccc(/C(O)=C2/C(=O)C(=O)N(c3ccc(OC(F)(F)F)cc3)C2c2ccccn2)c1. The number of nitrogens with zero attached hydrogens (tertiary/aromatic N) is 2. The molecule has 4 rings (SSSR count). The summed E-state index contributed by atoms with van der Waals surface area (Å²) < 4.78 is 46.6. The number of aliphatic hydroxyl groups is 1. The van der Waals surface area contributed by atoms with Gasteiger partial charge in [0.2, 0.25) is 0 Å². The number of aromatic nitrogens is 1. The van der Waals surface area contributed by atoms with Crippen LogP contribution < -0.4 is 14.4 Å². The highest BCUT2D eigenvalue weighted by Crippen LogP contribution is 2.42. The van der Waals surface area contributed by atoms with Crippen molar-refractivity contribution in [3.63, 3.8) is 0 Å². The number of hydrogen-bond acceptors (Lipinski definition) is 6. The van der Waals surface area contributed by atoms with E-state index in [0.29, 0.717) is 5.75 Å². The van der Waals surface area contributed by atoms with E-state index in [1.54, 1.807) is 36.4 Å². The molecule has 0 spiro atoms. The van der Waals surface area contributed by atoms with Crippen LogP contribution in [-0.2, 0) is 9.59 Å². The fraction of sp³-hybridized carbons (Fsp3) is 0.125. The van der Waals surface area contributed by atoms with Crippen molar-refractivity contribution in [3.05, 3.63) is 89.8 Å². The molecule has 10 heteroatoms. The van der Waals surface area contributed by atoms with E-state index in [-0.39, 0.29) is 22.5 Å². The molecule has 7 nitrogen and oxygen atoms in total. The number of amides is 1. The van der Waals surface area contributed by atoms with Crippen molar-refractivity contribution in [3.8, 4) is 11.5 Å². The number of Topliss-reactive ketones (excluding diaryl/α,β-unsaturated/α-hetero) is 1. The molecule has 1 saturated heterocycles. The van der Waals surface area contributed by atoms with Gasteiger partial charge in [0.05, 0.1) is 18.4 Å². The molecule has 1 fully saturated rings. The van der Waals surface area contributed by atoms with Crippen LogP contribution in [-0.4, -0.2) is 35.3 Å². The number of carbonyl (C=O) groups excluding carboxylic acids is 2. The Morgan fingerprint density at radius 2 is 1.74 bits per heavy atom. The lowest BCUT2D eigenvalue weighted by Gasteiger charge is -2.24.